The van der Waals surface area contributed by atoms with E-state index < -0.39 is 35.2 Å². The molecule has 0 spiro atoms. The molecule has 0 radical (unpaired) electrons. The number of carbonyl (C=O) groups excluding carboxylic acids is 2. The molecule has 2 N–H and O–H groups in total. The highest BCUT2D eigenvalue weighted by Gasteiger charge is 2.43. The van der Waals surface area contributed by atoms with Crippen molar-refractivity contribution >= 4 is 29.1 Å². The Morgan fingerprint density at radius 3 is 2.37 bits per heavy atom. The Kier molecular flexibility index (Phi) is 6.15. The Labute approximate surface area is 159 Å². The fourth-order valence-electron chi connectivity index (χ4n) is 2.31. The lowest BCUT2D eigenvalue weighted by Crippen LogP contribution is -2.41. The average Bonchev–Trinajstić information content (AvgIpc) is 2.57. The number of alkyl halides is 2. The van der Waals surface area contributed by atoms with E-state index >= 15 is 0 Å². The van der Waals surface area contributed by atoms with E-state index in [4.69, 9.17) is 11.6 Å². The second kappa shape index (κ2) is 8.00. The molecule has 4 nitrogen and oxygen atoms in total. The number of carbonyl (C=O) groups is 2. The van der Waals surface area contributed by atoms with E-state index in [9.17, 15) is 22.8 Å². The van der Waals surface area contributed by atoms with E-state index in [0.717, 1.165) is 12.1 Å². The molecule has 144 valence electrons. The zero-order valence-corrected chi connectivity index (χ0v) is 15.6. The van der Waals surface area contributed by atoms with Crippen LogP contribution >= 0.6 is 11.6 Å². The van der Waals surface area contributed by atoms with Crippen molar-refractivity contribution < 1.29 is 22.8 Å². The molecule has 0 saturated heterocycles. The van der Waals surface area contributed by atoms with Gasteiger partial charge < -0.3 is 10.6 Å². The number of hydrogen-bond donors (Lipinski definition) is 2. The summed E-state index contributed by atoms with van der Waals surface area (Å²) in [5.74, 6) is -6.55. The standard InChI is InChI=1S/C19H18ClF3N2O2/c1-10(2)24-18(27)19(22,23)14-9-12(4-6-15(14)20)17(26)25-13-5-7-16(21)11(3)8-13/h4-10H,1-3H3,(H,24,27)(H,25,26). The number of rotatable bonds is 5. The van der Waals surface area contributed by atoms with Gasteiger partial charge in [0.2, 0.25) is 0 Å². The van der Waals surface area contributed by atoms with Gasteiger partial charge in [0.1, 0.15) is 5.82 Å². The molecule has 0 unspecified atom stereocenters. The average molecular weight is 399 g/mol. The summed E-state index contributed by atoms with van der Waals surface area (Å²) >= 11 is 5.83. The Balaban J connectivity index is 2.31. The van der Waals surface area contributed by atoms with Crippen molar-refractivity contribution in [2.45, 2.75) is 32.7 Å². The van der Waals surface area contributed by atoms with Crippen molar-refractivity contribution in [3.63, 3.8) is 0 Å². The minimum atomic E-state index is -3.91. The van der Waals surface area contributed by atoms with Crippen molar-refractivity contribution in [2.24, 2.45) is 0 Å². The molecule has 0 bridgehead atoms. The maximum Gasteiger partial charge on any atom is 0.351 e. The number of nitrogens with one attached hydrogen (secondary N) is 2. The molecule has 27 heavy (non-hydrogen) atoms. The van der Waals surface area contributed by atoms with E-state index in [0.29, 0.717) is 11.3 Å². The van der Waals surface area contributed by atoms with Crippen molar-refractivity contribution in [1.29, 1.82) is 0 Å². The van der Waals surface area contributed by atoms with Crippen molar-refractivity contribution in [3.8, 4) is 0 Å². The van der Waals surface area contributed by atoms with Crippen LogP contribution in [0.1, 0.15) is 35.3 Å². The molecule has 0 atom stereocenters. The minimum Gasteiger partial charge on any atom is -0.348 e. The van der Waals surface area contributed by atoms with Crippen LogP contribution in [0.3, 0.4) is 0 Å². The Bertz CT molecular complexity index is 885. The molecule has 0 aromatic heterocycles. The lowest BCUT2D eigenvalue weighted by atomic mass is 10.0. The summed E-state index contributed by atoms with van der Waals surface area (Å²) < 4.78 is 42.2. The van der Waals surface area contributed by atoms with Crippen LogP contribution in [0, 0.1) is 12.7 Å². The van der Waals surface area contributed by atoms with Crippen LogP contribution in [0.15, 0.2) is 36.4 Å². The zero-order valence-electron chi connectivity index (χ0n) is 14.9. The van der Waals surface area contributed by atoms with Crippen LogP contribution in [-0.2, 0) is 10.7 Å². The maximum atomic E-state index is 14.5. The fraction of sp³-hybridized carbons (Fsp3) is 0.263. The fourth-order valence-corrected chi connectivity index (χ4v) is 2.54. The molecular weight excluding hydrogens is 381 g/mol. The summed E-state index contributed by atoms with van der Waals surface area (Å²) in [7, 11) is 0. The summed E-state index contributed by atoms with van der Waals surface area (Å²) in [6.07, 6.45) is 0. The number of hydrogen-bond acceptors (Lipinski definition) is 2. The van der Waals surface area contributed by atoms with Crippen LogP contribution in [0.4, 0.5) is 18.9 Å². The van der Waals surface area contributed by atoms with Crippen molar-refractivity contribution in [1.82, 2.24) is 5.32 Å². The third-order valence-electron chi connectivity index (χ3n) is 3.69. The zero-order chi connectivity index (χ0) is 20.4. The van der Waals surface area contributed by atoms with Crippen LogP contribution in [0.5, 0.6) is 0 Å². The summed E-state index contributed by atoms with van der Waals surface area (Å²) in [5.41, 5.74) is -0.264. The van der Waals surface area contributed by atoms with Gasteiger partial charge in [0.15, 0.2) is 0 Å². The number of benzene rings is 2. The third kappa shape index (κ3) is 4.80. The first kappa shape index (κ1) is 20.8. The smallest absolute Gasteiger partial charge is 0.348 e. The van der Waals surface area contributed by atoms with E-state index in [1.165, 1.54) is 31.2 Å². The first-order chi connectivity index (χ1) is 12.5. The highest BCUT2D eigenvalue weighted by Crippen LogP contribution is 2.34. The Morgan fingerprint density at radius 2 is 1.78 bits per heavy atom. The van der Waals surface area contributed by atoms with Gasteiger partial charge in [-0.1, -0.05) is 11.6 Å². The highest BCUT2D eigenvalue weighted by molar-refractivity contribution is 6.32. The molecule has 2 amide bonds. The molecule has 0 aliphatic heterocycles. The van der Waals surface area contributed by atoms with Gasteiger partial charge >= 0.3 is 5.92 Å². The molecule has 0 aliphatic rings. The molecule has 2 aromatic carbocycles. The SMILES string of the molecule is Cc1cc(NC(=O)c2ccc(Cl)c(C(F)(F)C(=O)NC(C)C)c2)ccc1F. The first-order valence-electron chi connectivity index (χ1n) is 8.08. The molecular formula is C19H18ClF3N2O2. The molecule has 8 heteroatoms. The summed E-state index contributed by atoms with van der Waals surface area (Å²) in [4.78, 5) is 24.2. The van der Waals surface area contributed by atoms with Crippen molar-refractivity contribution in [3.05, 3.63) is 63.9 Å². The number of halogens is 4. The molecule has 0 fully saturated rings. The van der Waals surface area contributed by atoms with E-state index in [2.05, 4.69) is 10.6 Å². The largest absolute Gasteiger partial charge is 0.351 e. The van der Waals surface area contributed by atoms with Crippen LogP contribution in [-0.4, -0.2) is 17.9 Å². The predicted octanol–water partition coefficient (Wildman–Crippen LogP) is 4.66. The van der Waals surface area contributed by atoms with Gasteiger partial charge in [-0.05, 0) is 62.7 Å². The molecule has 0 heterocycles. The topological polar surface area (TPSA) is 58.2 Å². The van der Waals surface area contributed by atoms with Gasteiger partial charge in [0, 0.05) is 17.3 Å². The van der Waals surface area contributed by atoms with E-state index in [1.807, 2.05) is 0 Å². The quantitative estimate of drug-likeness (QED) is 0.769. The molecule has 2 rings (SSSR count). The minimum absolute atomic E-state index is 0.117. The van der Waals surface area contributed by atoms with Crippen molar-refractivity contribution in [2.75, 3.05) is 5.32 Å². The van der Waals surface area contributed by atoms with E-state index in [-0.39, 0.29) is 10.6 Å². The van der Waals surface area contributed by atoms with Crippen LogP contribution < -0.4 is 10.6 Å². The summed E-state index contributed by atoms with van der Waals surface area (Å²) in [5, 5.41) is 4.28. The molecule has 0 aliphatic carbocycles. The number of anilines is 1. The maximum absolute atomic E-state index is 14.5. The second-order valence-corrected chi connectivity index (χ2v) is 6.72. The number of aryl methyl sites for hydroxylation is 1. The monoisotopic (exact) mass is 398 g/mol. The second-order valence-electron chi connectivity index (χ2n) is 6.32. The molecule has 2 aromatic rings. The summed E-state index contributed by atoms with van der Waals surface area (Å²) in [6, 6.07) is 6.70. The Morgan fingerprint density at radius 1 is 1.11 bits per heavy atom. The van der Waals surface area contributed by atoms with Crippen LogP contribution in [0.25, 0.3) is 0 Å². The third-order valence-corrected chi connectivity index (χ3v) is 4.02. The van der Waals surface area contributed by atoms with Gasteiger partial charge in [-0.25, -0.2) is 4.39 Å². The lowest BCUT2D eigenvalue weighted by molar-refractivity contribution is -0.147. The normalized spacial score (nSPS) is 11.4. The van der Waals surface area contributed by atoms with E-state index in [1.54, 1.807) is 13.8 Å². The van der Waals surface area contributed by atoms with Gasteiger partial charge in [-0.3, -0.25) is 9.59 Å². The lowest BCUT2D eigenvalue weighted by Gasteiger charge is -2.20. The Hall–Kier alpha value is -2.54. The summed E-state index contributed by atoms with van der Waals surface area (Å²) in [6.45, 7) is 4.62. The van der Waals surface area contributed by atoms with Crippen LogP contribution in [0.2, 0.25) is 5.02 Å². The van der Waals surface area contributed by atoms with Gasteiger partial charge in [0.05, 0.1) is 10.6 Å². The first-order valence-corrected chi connectivity index (χ1v) is 8.46. The predicted molar refractivity (Wildman–Crippen MR) is 97.7 cm³/mol. The van der Waals surface area contributed by atoms with Gasteiger partial charge in [0.25, 0.3) is 11.8 Å². The van der Waals surface area contributed by atoms with Gasteiger partial charge in [-0.2, -0.15) is 8.78 Å². The van der Waals surface area contributed by atoms with Gasteiger partial charge in [-0.15, -0.1) is 0 Å². The molecule has 0 saturated carbocycles. The highest BCUT2D eigenvalue weighted by atomic mass is 35.5. The number of amides is 2.